The fourth-order valence-corrected chi connectivity index (χ4v) is 3.01. The monoisotopic (exact) mass is 262 g/mol. The molecule has 106 valence electrons. The van der Waals surface area contributed by atoms with E-state index in [9.17, 15) is 0 Å². The maximum absolute atomic E-state index is 6.04. The van der Waals surface area contributed by atoms with Gasteiger partial charge in [-0.15, -0.1) is 0 Å². The van der Waals surface area contributed by atoms with Gasteiger partial charge in [0.2, 0.25) is 0 Å². The lowest BCUT2D eigenvalue weighted by Crippen LogP contribution is -2.27. The topological polar surface area (TPSA) is 38.5 Å². The zero-order valence-corrected chi connectivity index (χ0v) is 12.2. The van der Waals surface area contributed by atoms with Crippen LogP contribution in [0.1, 0.15) is 37.7 Å². The fraction of sp³-hybridized carbons (Fsp3) is 0.625. The Balaban J connectivity index is 1.92. The summed E-state index contributed by atoms with van der Waals surface area (Å²) in [5.74, 6) is 1.75. The van der Waals surface area contributed by atoms with Crippen molar-refractivity contribution >= 4 is 5.69 Å². The summed E-state index contributed by atoms with van der Waals surface area (Å²) in [5, 5.41) is 0. The van der Waals surface area contributed by atoms with Crippen LogP contribution in [0.3, 0.4) is 0 Å². The number of hydrogen-bond acceptors (Lipinski definition) is 3. The highest BCUT2D eigenvalue weighted by molar-refractivity contribution is 5.50. The van der Waals surface area contributed by atoms with Crippen LogP contribution < -0.4 is 10.5 Å². The van der Waals surface area contributed by atoms with Crippen molar-refractivity contribution in [3.05, 3.63) is 23.8 Å². The highest BCUT2D eigenvalue weighted by atomic mass is 16.5. The maximum Gasteiger partial charge on any atom is 0.119 e. The second-order valence-electron chi connectivity index (χ2n) is 5.77. The summed E-state index contributed by atoms with van der Waals surface area (Å²) in [7, 11) is 3.88. The van der Waals surface area contributed by atoms with E-state index in [1.54, 1.807) is 7.11 Å². The highest BCUT2D eigenvalue weighted by Crippen LogP contribution is 2.25. The number of hydrogen-bond donors (Lipinski definition) is 1. The summed E-state index contributed by atoms with van der Waals surface area (Å²) in [6.45, 7) is 2.08. The molecule has 1 aromatic carbocycles. The molecule has 0 heterocycles. The molecule has 0 aliphatic heterocycles. The molecule has 1 aliphatic rings. The molecule has 19 heavy (non-hydrogen) atoms. The van der Waals surface area contributed by atoms with Crippen LogP contribution in [-0.2, 0) is 6.54 Å². The highest BCUT2D eigenvalue weighted by Gasteiger charge is 2.16. The molecule has 1 saturated carbocycles. The van der Waals surface area contributed by atoms with E-state index < -0.39 is 0 Å². The molecule has 0 unspecified atom stereocenters. The molecule has 0 bridgehead atoms. The summed E-state index contributed by atoms with van der Waals surface area (Å²) < 4.78 is 5.27. The molecule has 0 atom stereocenters. The van der Waals surface area contributed by atoms with Crippen LogP contribution in [0.25, 0.3) is 0 Å². The van der Waals surface area contributed by atoms with Crippen molar-refractivity contribution < 1.29 is 4.74 Å². The molecule has 0 aromatic heterocycles. The lowest BCUT2D eigenvalue weighted by Gasteiger charge is -2.27. The first-order chi connectivity index (χ1) is 9.19. The Kier molecular flexibility index (Phi) is 5.08. The number of nitrogens with zero attached hydrogens (tertiary/aromatic N) is 1. The van der Waals surface area contributed by atoms with E-state index in [0.717, 1.165) is 29.5 Å². The Morgan fingerprint density at radius 3 is 2.68 bits per heavy atom. The first-order valence-electron chi connectivity index (χ1n) is 7.30. The minimum Gasteiger partial charge on any atom is -0.497 e. The third-order valence-corrected chi connectivity index (χ3v) is 4.09. The van der Waals surface area contributed by atoms with Crippen molar-refractivity contribution in [3.8, 4) is 5.75 Å². The molecular formula is C16H26N2O. The zero-order valence-electron chi connectivity index (χ0n) is 12.2. The molecule has 3 nitrogen and oxygen atoms in total. The van der Waals surface area contributed by atoms with Gasteiger partial charge in [-0.1, -0.05) is 19.3 Å². The molecule has 3 heteroatoms. The summed E-state index contributed by atoms with van der Waals surface area (Å²) in [6.07, 6.45) is 7.00. The van der Waals surface area contributed by atoms with Crippen LogP contribution in [0.2, 0.25) is 0 Å². The number of nitrogen functional groups attached to an aromatic ring is 1. The predicted molar refractivity (Wildman–Crippen MR) is 80.3 cm³/mol. The van der Waals surface area contributed by atoms with E-state index in [0.29, 0.717) is 0 Å². The second-order valence-corrected chi connectivity index (χ2v) is 5.77. The van der Waals surface area contributed by atoms with Gasteiger partial charge in [-0.3, -0.25) is 0 Å². The average Bonchev–Trinajstić information content (AvgIpc) is 2.42. The number of methoxy groups -OCH3 is 1. The normalized spacial score (nSPS) is 16.8. The first kappa shape index (κ1) is 14.2. The molecule has 1 aromatic rings. The summed E-state index contributed by atoms with van der Waals surface area (Å²) in [6, 6.07) is 5.90. The van der Waals surface area contributed by atoms with Crippen molar-refractivity contribution in [3.63, 3.8) is 0 Å². The number of anilines is 1. The van der Waals surface area contributed by atoms with Gasteiger partial charge in [0.05, 0.1) is 7.11 Å². The molecule has 0 saturated heterocycles. The van der Waals surface area contributed by atoms with Crippen LogP contribution >= 0.6 is 0 Å². The minimum atomic E-state index is 0.858. The molecular weight excluding hydrogens is 236 g/mol. The van der Waals surface area contributed by atoms with Crippen LogP contribution in [0, 0.1) is 5.92 Å². The smallest absolute Gasteiger partial charge is 0.119 e. The second kappa shape index (κ2) is 6.80. The fourth-order valence-electron chi connectivity index (χ4n) is 3.01. The molecule has 0 radical (unpaired) electrons. The lowest BCUT2D eigenvalue weighted by atomic mass is 9.89. The van der Waals surface area contributed by atoms with E-state index in [1.165, 1.54) is 38.6 Å². The third-order valence-electron chi connectivity index (χ3n) is 4.09. The minimum absolute atomic E-state index is 0.858. The third kappa shape index (κ3) is 4.13. The Morgan fingerprint density at radius 2 is 2.00 bits per heavy atom. The number of rotatable bonds is 5. The summed E-state index contributed by atoms with van der Waals surface area (Å²) in [5.41, 5.74) is 8.07. The molecule has 2 rings (SSSR count). The SMILES string of the molecule is COc1ccc(N)c(CN(C)CC2CCCCC2)c1. The van der Waals surface area contributed by atoms with Crippen LogP contribution in [-0.4, -0.2) is 25.6 Å². The van der Waals surface area contributed by atoms with Crippen LogP contribution in [0.5, 0.6) is 5.75 Å². The van der Waals surface area contributed by atoms with Gasteiger partial charge in [0.1, 0.15) is 5.75 Å². The van der Waals surface area contributed by atoms with Crippen molar-refractivity contribution in [2.45, 2.75) is 38.6 Å². The Hall–Kier alpha value is -1.22. The molecule has 0 spiro atoms. The van der Waals surface area contributed by atoms with Gasteiger partial charge >= 0.3 is 0 Å². The largest absolute Gasteiger partial charge is 0.497 e. The van der Waals surface area contributed by atoms with E-state index >= 15 is 0 Å². The van der Waals surface area contributed by atoms with E-state index in [2.05, 4.69) is 11.9 Å². The van der Waals surface area contributed by atoms with Gasteiger partial charge in [-0.25, -0.2) is 0 Å². The van der Waals surface area contributed by atoms with E-state index in [1.807, 2.05) is 18.2 Å². The summed E-state index contributed by atoms with van der Waals surface area (Å²) in [4.78, 5) is 2.39. The van der Waals surface area contributed by atoms with Gasteiger partial charge < -0.3 is 15.4 Å². The van der Waals surface area contributed by atoms with Gasteiger partial charge in [0.25, 0.3) is 0 Å². The predicted octanol–water partition coefficient (Wildman–Crippen LogP) is 3.29. The van der Waals surface area contributed by atoms with Crippen molar-refractivity contribution in [2.24, 2.45) is 5.92 Å². The van der Waals surface area contributed by atoms with Crippen molar-refractivity contribution in [2.75, 3.05) is 26.4 Å². The number of nitrogens with two attached hydrogens (primary N) is 1. The molecule has 2 N–H and O–H groups in total. The zero-order chi connectivity index (χ0) is 13.7. The molecule has 1 fully saturated rings. The standard InChI is InChI=1S/C16H26N2O/c1-18(11-13-6-4-3-5-7-13)12-14-10-15(19-2)8-9-16(14)17/h8-10,13H,3-7,11-12,17H2,1-2H3. The van der Waals surface area contributed by atoms with E-state index in [4.69, 9.17) is 10.5 Å². The number of ether oxygens (including phenoxy) is 1. The Labute approximate surface area is 116 Å². The number of benzene rings is 1. The molecule has 0 amide bonds. The van der Waals surface area contributed by atoms with E-state index in [-0.39, 0.29) is 0 Å². The Bertz CT molecular complexity index is 400. The molecule has 1 aliphatic carbocycles. The van der Waals surface area contributed by atoms with Gasteiger partial charge in [0, 0.05) is 18.8 Å². The van der Waals surface area contributed by atoms with Gasteiger partial charge in [-0.05, 0) is 49.6 Å². The quantitative estimate of drug-likeness (QED) is 0.828. The van der Waals surface area contributed by atoms with Crippen LogP contribution in [0.15, 0.2) is 18.2 Å². The Morgan fingerprint density at radius 1 is 1.26 bits per heavy atom. The van der Waals surface area contributed by atoms with Crippen molar-refractivity contribution in [1.29, 1.82) is 0 Å². The van der Waals surface area contributed by atoms with Crippen molar-refractivity contribution in [1.82, 2.24) is 4.90 Å². The lowest BCUT2D eigenvalue weighted by molar-refractivity contribution is 0.228. The first-order valence-corrected chi connectivity index (χ1v) is 7.30. The van der Waals surface area contributed by atoms with Crippen LogP contribution in [0.4, 0.5) is 5.69 Å². The van der Waals surface area contributed by atoms with Gasteiger partial charge in [-0.2, -0.15) is 0 Å². The average molecular weight is 262 g/mol. The maximum atomic E-state index is 6.04. The summed E-state index contributed by atoms with van der Waals surface area (Å²) >= 11 is 0. The van der Waals surface area contributed by atoms with Gasteiger partial charge in [0.15, 0.2) is 0 Å².